The molecule has 0 saturated carbocycles. The molecule has 0 spiro atoms. The maximum Gasteiger partial charge on any atom is 0.416 e. The van der Waals surface area contributed by atoms with E-state index in [0.717, 1.165) is 18.2 Å². The number of halogens is 5. The summed E-state index contributed by atoms with van der Waals surface area (Å²) in [6.07, 6.45) is -3.11. The Bertz CT molecular complexity index is 651. The maximum absolute atomic E-state index is 12.7. The summed E-state index contributed by atoms with van der Waals surface area (Å²) in [5, 5.41) is 3.89. The van der Waals surface area contributed by atoms with E-state index >= 15 is 0 Å². The summed E-state index contributed by atoms with van der Waals surface area (Å²) in [6, 6.07) is 8.35. The van der Waals surface area contributed by atoms with Crippen molar-refractivity contribution in [2.45, 2.75) is 6.18 Å². The minimum atomic E-state index is -4.46. The summed E-state index contributed by atoms with van der Waals surface area (Å²) in [5.41, 5.74) is 2.23. The van der Waals surface area contributed by atoms with Gasteiger partial charge in [0, 0.05) is 0 Å². The second-order valence-corrected chi connectivity index (χ2v) is 4.52. The molecular weight excluding hydrogens is 308 g/mol. The molecule has 1 N–H and O–H groups in total. The second-order valence-electron chi connectivity index (χ2n) is 4.11. The zero-order valence-corrected chi connectivity index (χ0v) is 11.2. The lowest BCUT2D eigenvalue weighted by Gasteiger charge is -2.09. The molecule has 0 amide bonds. The van der Waals surface area contributed by atoms with E-state index in [1.807, 2.05) is 0 Å². The first-order valence-corrected chi connectivity index (χ1v) is 6.15. The van der Waals surface area contributed by atoms with Crippen LogP contribution in [0.1, 0.15) is 11.1 Å². The molecule has 7 heteroatoms. The van der Waals surface area contributed by atoms with Crippen LogP contribution in [-0.2, 0) is 6.18 Å². The van der Waals surface area contributed by atoms with Crippen molar-refractivity contribution in [1.29, 1.82) is 0 Å². The van der Waals surface area contributed by atoms with Crippen molar-refractivity contribution in [3.05, 3.63) is 64.4 Å². The summed E-state index contributed by atoms with van der Waals surface area (Å²) in [6.45, 7) is 0. The van der Waals surface area contributed by atoms with Crippen LogP contribution in [0, 0.1) is 5.82 Å². The van der Waals surface area contributed by atoms with Crippen molar-refractivity contribution in [2.75, 3.05) is 5.43 Å². The van der Waals surface area contributed by atoms with Gasteiger partial charge in [-0.2, -0.15) is 18.3 Å². The Labute approximate surface area is 123 Å². The van der Waals surface area contributed by atoms with Crippen LogP contribution in [0.15, 0.2) is 47.6 Å². The maximum atomic E-state index is 12.7. The summed E-state index contributed by atoms with van der Waals surface area (Å²) in [5.74, 6) is -0.388. The Balaban J connectivity index is 2.14. The van der Waals surface area contributed by atoms with E-state index in [4.69, 9.17) is 11.6 Å². The van der Waals surface area contributed by atoms with Crippen molar-refractivity contribution >= 4 is 23.5 Å². The summed E-state index contributed by atoms with van der Waals surface area (Å²) in [4.78, 5) is 0. The number of rotatable bonds is 3. The monoisotopic (exact) mass is 316 g/mol. The minimum Gasteiger partial charge on any atom is -0.277 e. The summed E-state index contributed by atoms with van der Waals surface area (Å²) >= 11 is 5.80. The van der Waals surface area contributed by atoms with Gasteiger partial charge in [0.15, 0.2) is 0 Å². The second kappa shape index (κ2) is 6.13. The molecule has 0 aliphatic heterocycles. The summed E-state index contributed by atoms with van der Waals surface area (Å²) in [7, 11) is 0. The molecule has 0 aliphatic carbocycles. The first-order valence-electron chi connectivity index (χ1n) is 5.77. The predicted molar refractivity (Wildman–Crippen MR) is 74.1 cm³/mol. The molecule has 2 rings (SSSR count). The lowest BCUT2D eigenvalue weighted by atomic mass is 10.2. The van der Waals surface area contributed by atoms with Gasteiger partial charge in [-0.1, -0.05) is 23.7 Å². The fourth-order valence-electron chi connectivity index (χ4n) is 1.51. The van der Waals surface area contributed by atoms with Gasteiger partial charge in [0.2, 0.25) is 0 Å². The Morgan fingerprint density at radius 1 is 1.05 bits per heavy atom. The number of anilines is 1. The molecule has 0 radical (unpaired) electrons. The van der Waals surface area contributed by atoms with Gasteiger partial charge in [-0.3, -0.25) is 5.43 Å². The highest BCUT2D eigenvalue weighted by atomic mass is 35.5. The van der Waals surface area contributed by atoms with E-state index in [0.29, 0.717) is 5.56 Å². The van der Waals surface area contributed by atoms with E-state index in [9.17, 15) is 17.6 Å². The molecule has 0 heterocycles. The highest BCUT2D eigenvalue weighted by molar-refractivity contribution is 6.33. The van der Waals surface area contributed by atoms with Crippen LogP contribution in [0.2, 0.25) is 5.02 Å². The highest BCUT2D eigenvalue weighted by Crippen LogP contribution is 2.33. The van der Waals surface area contributed by atoms with E-state index in [2.05, 4.69) is 10.5 Å². The molecule has 21 heavy (non-hydrogen) atoms. The van der Waals surface area contributed by atoms with E-state index in [1.165, 1.54) is 30.5 Å². The number of alkyl halides is 3. The number of nitrogens with one attached hydrogen (secondary N) is 1. The molecule has 0 bridgehead atoms. The normalized spacial score (nSPS) is 11.9. The van der Waals surface area contributed by atoms with Gasteiger partial charge in [0.25, 0.3) is 0 Å². The number of nitrogens with zero attached hydrogens (tertiary/aromatic N) is 1. The van der Waals surface area contributed by atoms with Crippen molar-refractivity contribution in [1.82, 2.24) is 0 Å². The number of hydrazone groups is 1. The van der Waals surface area contributed by atoms with Crippen LogP contribution in [-0.4, -0.2) is 6.21 Å². The molecule has 0 fully saturated rings. The van der Waals surface area contributed by atoms with Crippen molar-refractivity contribution in [3.8, 4) is 0 Å². The molecule has 110 valence electrons. The van der Waals surface area contributed by atoms with Gasteiger partial charge in [0.05, 0.1) is 22.5 Å². The SMILES string of the molecule is Fc1ccc(/C=N/Nc2cc(C(F)(F)F)ccc2Cl)cc1. The zero-order valence-electron chi connectivity index (χ0n) is 10.5. The Morgan fingerprint density at radius 3 is 2.33 bits per heavy atom. The molecule has 2 nitrogen and oxygen atoms in total. The van der Waals surface area contributed by atoms with E-state index in [-0.39, 0.29) is 16.5 Å². The van der Waals surface area contributed by atoms with Gasteiger partial charge in [-0.15, -0.1) is 0 Å². The number of benzene rings is 2. The third-order valence-electron chi connectivity index (χ3n) is 2.56. The smallest absolute Gasteiger partial charge is 0.277 e. The van der Waals surface area contributed by atoms with Crippen LogP contribution in [0.5, 0.6) is 0 Å². The van der Waals surface area contributed by atoms with E-state index < -0.39 is 11.7 Å². The van der Waals surface area contributed by atoms with Crippen LogP contribution in [0.3, 0.4) is 0 Å². The van der Waals surface area contributed by atoms with Crippen molar-refractivity contribution < 1.29 is 17.6 Å². The topological polar surface area (TPSA) is 24.4 Å². The molecule has 2 aromatic carbocycles. The molecule has 0 saturated heterocycles. The Morgan fingerprint density at radius 2 is 1.71 bits per heavy atom. The fraction of sp³-hybridized carbons (Fsp3) is 0.0714. The van der Waals surface area contributed by atoms with Gasteiger partial charge in [-0.05, 0) is 35.9 Å². The Hall–Kier alpha value is -2.08. The first kappa shape index (κ1) is 15.3. The average molecular weight is 317 g/mol. The van der Waals surface area contributed by atoms with Crippen molar-refractivity contribution in [2.24, 2.45) is 5.10 Å². The third kappa shape index (κ3) is 4.19. The largest absolute Gasteiger partial charge is 0.416 e. The van der Waals surface area contributed by atoms with E-state index in [1.54, 1.807) is 0 Å². The lowest BCUT2D eigenvalue weighted by molar-refractivity contribution is -0.137. The van der Waals surface area contributed by atoms with Gasteiger partial charge >= 0.3 is 6.18 Å². The summed E-state index contributed by atoms with van der Waals surface area (Å²) < 4.78 is 50.4. The van der Waals surface area contributed by atoms with Crippen molar-refractivity contribution in [3.63, 3.8) is 0 Å². The lowest BCUT2D eigenvalue weighted by Crippen LogP contribution is -2.05. The van der Waals surface area contributed by atoms with Gasteiger partial charge < -0.3 is 0 Å². The van der Waals surface area contributed by atoms with Crippen LogP contribution in [0.4, 0.5) is 23.2 Å². The molecule has 0 aromatic heterocycles. The van der Waals surface area contributed by atoms with Crippen LogP contribution >= 0.6 is 11.6 Å². The predicted octanol–water partition coefficient (Wildman–Crippen LogP) is 4.94. The fourth-order valence-corrected chi connectivity index (χ4v) is 1.67. The molecule has 0 aliphatic rings. The molecule has 0 atom stereocenters. The number of hydrogen-bond donors (Lipinski definition) is 1. The standard InChI is InChI=1S/C14H9ClF4N2/c15-12-6-3-10(14(17,18)19)7-13(12)21-20-8-9-1-4-11(16)5-2-9/h1-8,21H/b20-8+. The average Bonchev–Trinajstić information content (AvgIpc) is 2.42. The molecular formula is C14H9ClF4N2. The van der Waals surface area contributed by atoms with Crippen LogP contribution in [0.25, 0.3) is 0 Å². The zero-order chi connectivity index (χ0) is 15.5. The molecule has 0 unspecified atom stereocenters. The van der Waals surface area contributed by atoms with Gasteiger partial charge in [0.1, 0.15) is 5.82 Å². The highest BCUT2D eigenvalue weighted by Gasteiger charge is 2.30. The first-order chi connectivity index (χ1) is 9.86. The Kier molecular flexibility index (Phi) is 4.47. The minimum absolute atomic E-state index is 0.0323. The quantitative estimate of drug-likeness (QED) is 0.484. The van der Waals surface area contributed by atoms with Gasteiger partial charge in [-0.25, -0.2) is 4.39 Å². The van der Waals surface area contributed by atoms with Crippen LogP contribution < -0.4 is 5.43 Å². The number of hydrogen-bond acceptors (Lipinski definition) is 2. The third-order valence-corrected chi connectivity index (χ3v) is 2.89. The molecule has 2 aromatic rings.